The highest BCUT2D eigenvalue weighted by atomic mass is 32.2. The van der Waals surface area contributed by atoms with Gasteiger partial charge < -0.3 is 4.74 Å². The minimum atomic E-state index is -3.43. The van der Waals surface area contributed by atoms with E-state index in [2.05, 4.69) is 11.3 Å². The van der Waals surface area contributed by atoms with E-state index in [1.165, 1.54) is 6.07 Å². The van der Waals surface area contributed by atoms with Crippen molar-refractivity contribution in [1.29, 1.82) is 0 Å². The third-order valence-corrected chi connectivity index (χ3v) is 5.44. The van der Waals surface area contributed by atoms with Crippen molar-refractivity contribution in [3.63, 3.8) is 0 Å². The van der Waals surface area contributed by atoms with Gasteiger partial charge in [-0.25, -0.2) is 17.5 Å². The largest absolute Gasteiger partial charge is 0.490 e. The molecule has 134 valence electrons. The average Bonchev–Trinajstić information content (AvgIpc) is 3.34. The molecular weight excluding hydrogens is 329 g/mol. The van der Waals surface area contributed by atoms with Crippen LogP contribution in [0.5, 0.6) is 5.75 Å². The fourth-order valence-corrected chi connectivity index (χ4v) is 3.79. The van der Waals surface area contributed by atoms with Crippen molar-refractivity contribution in [1.82, 2.24) is 4.72 Å². The van der Waals surface area contributed by atoms with E-state index in [1.807, 2.05) is 13.8 Å². The van der Waals surface area contributed by atoms with E-state index < -0.39 is 21.9 Å². The van der Waals surface area contributed by atoms with Crippen molar-refractivity contribution in [2.45, 2.75) is 39.2 Å². The zero-order valence-corrected chi connectivity index (χ0v) is 15.1. The lowest BCUT2D eigenvalue weighted by molar-refractivity contribution is 0.284. The normalized spacial score (nSPS) is 16.2. The number of rotatable bonds is 10. The van der Waals surface area contributed by atoms with Crippen LogP contribution in [-0.4, -0.2) is 20.8 Å². The second kappa shape index (κ2) is 8.12. The molecule has 2 rings (SSSR count). The highest BCUT2D eigenvalue weighted by Crippen LogP contribution is 2.32. The van der Waals surface area contributed by atoms with Gasteiger partial charge in [0.25, 0.3) is 0 Å². The first-order chi connectivity index (χ1) is 11.3. The molecular formula is C18H26FNO3S. The molecule has 0 bridgehead atoms. The number of hydrogen-bond acceptors (Lipinski definition) is 3. The van der Waals surface area contributed by atoms with E-state index in [1.54, 1.807) is 18.2 Å². The van der Waals surface area contributed by atoms with Crippen LogP contribution in [0.15, 0.2) is 30.9 Å². The summed E-state index contributed by atoms with van der Waals surface area (Å²) in [4.78, 5) is 0. The highest BCUT2D eigenvalue weighted by Gasteiger charge is 2.25. The monoisotopic (exact) mass is 355 g/mol. The quantitative estimate of drug-likeness (QED) is 0.649. The molecule has 0 saturated heterocycles. The van der Waals surface area contributed by atoms with Crippen LogP contribution in [0.3, 0.4) is 0 Å². The summed E-state index contributed by atoms with van der Waals surface area (Å²) in [6.45, 7) is 7.91. The number of sulfonamides is 1. The van der Waals surface area contributed by atoms with Crippen molar-refractivity contribution >= 4 is 10.0 Å². The van der Waals surface area contributed by atoms with E-state index in [4.69, 9.17) is 4.74 Å². The van der Waals surface area contributed by atoms with Crippen molar-refractivity contribution in [3.8, 4) is 5.75 Å². The van der Waals surface area contributed by atoms with Gasteiger partial charge in [0.2, 0.25) is 10.0 Å². The molecule has 24 heavy (non-hydrogen) atoms. The molecule has 0 aromatic heterocycles. The van der Waals surface area contributed by atoms with Crippen LogP contribution in [-0.2, 0) is 10.0 Å². The second-order valence-electron chi connectivity index (χ2n) is 6.68. The maximum atomic E-state index is 13.9. The van der Waals surface area contributed by atoms with Crippen LogP contribution in [0, 0.1) is 17.7 Å². The molecule has 1 aliphatic rings. The molecule has 1 aliphatic carbocycles. The Kier molecular flexibility index (Phi) is 6.40. The maximum absolute atomic E-state index is 13.9. The standard InChI is InChI=1S/C18H26FNO3S/c1-4-5-10-24(21,22)20-18(13(2)3)15-8-9-16(19)17(11-15)23-12-14-6-7-14/h4,8-9,11,13-14,18,20H,1,5-7,10,12H2,2-3H3/t18-/m1/s1. The number of ether oxygens (including phenoxy) is 1. The lowest BCUT2D eigenvalue weighted by atomic mass is 9.97. The van der Waals surface area contributed by atoms with Crippen LogP contribution < -0.4 is 9.46 Å². The minimum absolute atomic E-state index is 0.00798. The molecule has 1 aromatic rings. The molecule has 0 heterocycles. The zero-order valence-electron chi connectivity index (χ0n) is 14.3. The molecule has 0 radical (unpaired) electrons. The molecule has 0 aliphatic heterocycles. The van der Waals surface area contributed by atoms with Crippen molar-refractivity contribution < 1.29 is 17.5 Å². The Balaban J connectivity index is 2.17. The third kappa shape index (κ3) is 5.60. The molecule has 4 nitrogen and oxygen atoms in total. The van der Waals surface area contributed by atoms with Gasteiger partial charge in [0.05, 0.1) is 12.4 Å². The number of allylic oxidation sites excluding steroid dienone is 1. The van der Waals surface area contributed by atoms with Gasteiger partial charge >= 0.3 is 0 Å². The average molecular weight is 355 g/mol. The van der Waals surface area contributed by atoms with Gasteiger partial charge in [0.15, 0.2) is 11.6 Å². The molecule has 1 N–H and O–H groups in total. The lowest BCUT2D eigenvalue weighted by Gasteiger charge is -2.23. The predicted molar refractivity (Wildman–Crippen MR) is 93.9 cm³/mol. The Bertz CT molecular complexity index is 669. The molecule has 1 atom stereocenters. The molecule has 1 saturated carbocycles. The summed E-state index contributed by atoms with van der Waals surface area (Å²) in [6, 6.07) is 4.13. The van der Waals surface area contributed by atoms with Gasteiger partial charge in [-0.1, -0.05) is 26.0 Å². The first-order valence-electron chi connectivity index (χ1n) is 8.35. The molecule has 0 unspecified atom stereocenters. The van der Waals surface area contributed by atoms with Crippen LogP contribution in [0.1, 0.15) is 44.7 Å². The number of halogens is 1. The molecule has 1 fully saturated rings. The Morgan fingerprint density at radius 2 is 2.12 bits per heavy atom. The Hall–Kier alpha value is -1.40. The van der Waals surface area contributed by atoms with E-state index in [0.717, 1.165) is 12.8 Å². The van der Waals surface area contributed by atoms with Gasteiger partial charge in [0, 0.05) is 6.04 Å². The van der Waals surface area contributed by atoms with Gasteiger partial charge in [-0.15, -0.1) is 6.58 Å². The lowest BCUT2D eigenvalue weighted by Crippen LogP contribution is -2.33. The smallest absolute Gasteiger partial charge is 0.212 e. The van der Waals surface area contributed by atoms with Crippen molar-refractivity contribution in [2.75, 3.05) is 12.4 Å². The van der Waals surface area contributed by atoms with E-state index >= 15 is 0 Å². The summed E-state index contributed by atoms with van der Waals surface area (Å²) < 4.78 is 46.6. The Morgan fingerprint density at radius 1 is 1.42 bits per heavy atom. The van der Waals surface area contributed by atoms with Gasteiger partial charge in [0.1, 0.15) is 0 Å². The zero-order chi connectivity index (χ0) is 17.7. The van der Waals surface area contributed by atoms with Crippen molar-refractivity contribution in [3.05, 3.63) is 42.2 Å². The van der Waals surface area contributed by atoms with Gasteiger partial charge in [-0.3, -0.25) is 0 Å². The topological polar surface area (TPSA) is 55.4 Å². The summed E-state index contributed by atoms with van der Waals surface area (Å²) in [5, 5.41) is 0. The molecule has 0 spiro atoms. The summed E-state index contributed by atoms with van der Waals surface area (Å²) in [5.41, 5.74) is 0.708. The number of hydrogen-bond donors (Lipinski definition) is 1. The number of nitrogens with one attached hydrogen (secondary N) is 1. The van der Waals surface area contributed by atoms with E-state index in [0.29, 0.717) is 24.5 Å². The highest BCUT2D eigenvalue weighted by molar-refractivity contribution is 7.89. The van der Waals surface area contributed by atoms with Crippen LogP contribution in [0.4, 0.5) is 4.39 Å². The number of benzene rings is 1. The first kappa shape index (κ1) is 18.9. The second-order valence-corrected chi connectivity index (χ2v) is 8.55. The van der Waals surface area contributed by atoms with Gasteiger partial charge in [-0.05, 0) is 48.8 Å². The molecule has 6 heteroatoms. The van der Waals surface area contributed by atoms with Crippen LogP contribution in [0.2, 0.25) is 0 Å². The summed E-state index contributed by atoms with van der Waals surface area (Å²) in [5.74, 6) is 0.301. The fraction of sp³-hybridized carbons (Fsp3) is 0.556. The molecule has 1 aromatic carbocycles. The summed E-state index contributed by atoms with van der Waals surface area (Å²) in [6.07, 6.45) is 4.21. The SMILES string of the molecule is C=CCCS(=O)(=O)N[C@@H](c1ccc(F)c(OCC2CC2)c1)C(C)C. The van der Waals surface area contributed by atoms with Gasteiger partial charge in [-0.2, -0.15) is 0 Å². The fourth-order valence-electron chi connectivity index (χ4n) is 2.40. The molecule has 0 amide bonds. The summed E-state index contributed by atoms with van der Waals surface area (Å²) in [7, 11) is -3.43. The van der Waals surface area contributed by atoms with Crippen LogP contribution in [0.25, 0.3) is 0 Å². The van der Waals surface area contributed by atoms with E-state index in [9.17, 15) is 12.8 Å². The van der Waals surface area contributed by atoms with Crippen molar-refractivity contribution in [2.24, 2.45) is 11.8 Å². The van der Waals surface area contributed by atoms with Crippen LogP contribution >= 0.6 is 0 Å². The van der Waals surface area contributed by atoms with E-state index in [-0.39, 0.29) is 17.4 Å². The predicted octanol–water partition coefficient (Wildman–Crippen LogP) is 3.81. The Labute approximate surface area is 144 Å². The summed E-state index contributed by atoms with van der Waals surface area (Å²) >= 11 is 0. The Morgan fingerprint density at radius 3 is 2.71 bits per heavy atom. The third-order valence-electron chi connectivity index (χ3n) is 4.05. The minimum Gasteiger partial charge on any atom is -0.490 e. The maximum Gasteiger partial charge on any atom is 0.212 e. The first-order valence-corrected chi connectivity index (χ1v) is 10.0.